The highest BCUT2D eigenvalue weighted by molar-refractivity contribution is 5.67. The third-order valence-corrected chi connectivity index (χ3v) is 3.11. The van der Waals surface area contributed by atoms with Crippen LogP contribution >= 0.6 is 0 Å². The van der Waals surface area contributed by atoms with Crippen molar-refractivity contribution in [3.63, 3.8) is 0 Å². The smallest absolute Gasteiger partial charge is 0.399 e. The van der Waals surface area contributed by atoms with E-state index in [-0.39, 0.29) is 0 Å². The molecule has 0 heterocycles. The summed E-state index contributed by atoms with van der Waals surface area (Å²) in [7, 11) is 0. The Balaban J connectivity index is 2.35. The van der Waals surface area contributed by atoms with Crippen LogP contribution in [0.5, 0.6) is 0 Å². The second-order valence-electron chi connectivity index (χ2n) is 4.72. The van der Waals surface area contributed by atoms with Crippen molar-refractivity contribution in [3.8, 4) is 0 Å². The molecule has 2 aromatic rings. The molecule has 0 aliphatic rings. The molecule has 0 fully saturated rings. The van der Waals surface area contributed by atoms with E-state index in [1.807, 2.05) is 6.92 Å². The number of nitrogens with two attached hydrogens (primary N) is 1. The number of nitrogens with one attached hydrogen (secondary N) is 1. The molecule has 2 aromatic carbocycles. The van der Waals surface area contributed by atoms with E-state index in [1.165, 1.54) is 6.07 Å². The number of anilines is 3. The number of aryl methyl sites for hydroxylation is 2. The summed E-state index contributed by atoms with van der Waals surface area (Å²) < 4.78 is 38.1. The third kappa shape index (κ3) is 3.04. The lowest BCUT2D eigenvalue weighted by Gasteiger charge is -2.14. The molecule has 20 heavy (non-hydrogen) atoms. The zero-order chi connectivity index (χ0) is 14.9. The van der Waals surface area contributed by atoms with Gasteiger partial charge in [0.25, 0.3) is 0 Å². The van der Waals surface area contributed by atoms with Crippen LogP contribution < -0.4 is 11.1 Å². The Kier molecular flexibility index (Phi) is 3.61. The topological polar surface area (TPSA) is 38.0 Å². The van der Waals surface area contributed by atoms with Crippen molar-refractivity contribution in [3.05, 3.63) is 53.1 Å². The Morgan fingerprint density at radius 2 is 1.65 bits per heavy atom. The van der Waals surface area contributed by atoms with Crippen LogP contribution in [0.2, 0.25) is 0 Å². The molecular formula is C15H15F3N2. The Labute approximate surface area is 115 Å². The molecule has 0 aliphatic heterocycles. The maximum Gasteiger partial charge on any atom is 0.416 e. The van der Waals surface area contributed by atoms with Crippen molar-refractivity contribution in [2.24, 2.45) is 0 Å². The number of nitrogen functional groups attached to an aromatic ring is 1. The van der Waals surface area contributed by atoms with Gasteiger partial charge in [0.2, 0.25) is 0 Å². The summed E-state index contributed by atoms with van der Waals surface area (Å²) in [6.45, 7) is 3.60. The first-order chi connectivity index (χ1) is 9.27. The van der Waals surface area contributed by atoms with Crippen molar-refractivity contribution in [2.45, 2.75) is 20.0 Å². The minimum atomic E-state index is -4.35. The van der Waals surface area contributed by atoms with E-state index in [0.29, 0.717) is 17.1 Å². The molecule has 0 aromatic heterocycles. The normalized spacial score (nSPS) is 11.4. The predicted molar refractivity (Wildman–Crippen MR) is 75.1 cm³/mol. The van der Waals surface area contributed by atoms with Crippen molar-refractivity contribution >= 4 is 17.1 Å². The van der Waals surface area contributed by atoms with Gasteiger partial charge in [0.05, 0.1) is 5.56 Å². The molecule has 2 rings (SSSR count). The van der Waals surface area contributed by atoms with Crippen molar-refractivity contribution in [2.75, 3.05) is 11.1 Å². The van der Waals surface area contributed by atoms with Gasteiger partial charge in [-0.15, -0.1) is 0 Å². The Hall–Kier alpha value is -2.17. The monoisotopic (exact) mass is 280 g/mol. The zero-order valence-corrected chi connectivity index (χ0v) is 11.2. The van der Waals surface area contributed by atoms with E-state index < -0.39 is 11.7 Å². The van der Waals surface area contributed by atoms with Crippen molar-refractivity contribution in [1.29, 1.82) is 0 Å². The maximum absolute atomic E-state index is 12.7. The molecule has 2 nitrogen and oxygen atoms in total. The van der Waals surface area contributed by atoms with Gasteiger partial charge >= 0.3 is 6.18 Å². The van der Waals surface area contributed by atoms with E-state index >= 15 is 0 Å². The van der Waals surface area contributed by atoms with Gasteiger partial charge in [-0.1, -0.05) is 6.07 Å². The Morgan fingerprint density at radius 3 is 2.25 bits per heavy atom. The minimum absolute atomic E-state index is 0.434. The number of alkyl halides is 3. The summed E-state index contributed by atoms with van der Waals surface area (Å²) in [5, 5.41) is 3.00. The van der Waals surface area contributed by atoms with Gasteiger partial charge < -0.3 is 11.1 Å². The second-order valence-corrected chi connectivity index (χ2v) is 4.72. The summed E-state index contributed by atoms with van der Waals surface area (Å²) in [6, 6.07) is 8.91. The molecular weight excluding hydrogens is 265 g/mol. The number of hydrogen-bond acceptors (Lipinski definition) is 2. The molecule has 0 amide bonds. The number of halogens is 3. The van der Waals surface area contributed by atoms with Gasteiger partial charge in [-0.05, 0) is 55.3 Å². The molecule has 0 saturated heterocycles. The number of hydrogen-bond donors (Lipinski definition) is 2. The maximum atomic E-state index is 12.7. The van der Waals surface area contributed by atoms with Gasteiger partial charge in [0.1, 0.15) is 0 Å². The van der Waals surface area contributed by atoms with E-state index in [9.17, 15) is 13.2 Å². The van der Waals surface area contributed by atoms with E-state index in [2.05, 4.69) is 5.32 Å². The third-order valence-electron chi connectivity index (χ3n) is 3.11. The molecule has 0 spiro atoms. The number of rotatable bonds is 2. The van der Waals surface area contributed by atoms with Crippen LogP contribution in [-0.2, 0) is 6.18 Å². The minimum Gasteiger partial charge on any atom is -0.399 e. The summed E-state index contributed by atoms with van der Waals surface area (Å²) in [5.41, 5.74) is 8.46. The Bertz CT molecular complexity index is 634. The molecule has 0 unspecified atom stereocenters. The lowest BCUT2D eigenvalue weighted by molar-refractivity contribution is -0.137. The highest BCUT2D eigenvalue weighted by Crippen LogP contribution is 2.33. The SMILES string of the molecule is Cc1cc(Nc2cc(C(F)(F)F)ccc2C)ccc1N. The van der Waals surface area contributed by atoms with Crippen LogP contribution in [0.1, 0.15) is 16.7 Å². The predicted octanol–water partition coefficient (Wildman–Crippen LogP) is 4.65. The molecule has 0 aliphatic carbocycles. The fraction of sp³-hybridized carbons (Fsp3) is 0.200. The van der Waals surface area contributed by atoms with E-state index in [0.717, 1.165) is 23.3 Å². The van der Waals surface area contributed by atoms with Crippen LogP contribution in [0.15, 0.2) is 36.4 Å². The summed E-state index contributed by atoms with van der Waals surface area (Å²) in [5.74, 6) is 0. The lowest BCUT2D eigenvalue weighted by atomic mass is 10.1. The quantitative estimate of drug-likeness (QED) is 0.786. The lowest BCUT2D eigenvalue weighted by Crippen LogP contribution is -2.06. The van der Waals surface area contributed by atoms with Crippen molar-refractivity contribution in [1.82, 2.24) is 0 Å². The fourth-order valence-electron chi connectivity index (χ4n) is 1.84. The average Bonchev–Trinajstić information content (AvgIpc) is 2.35. The second kappa shape index (κ2) is 5.07. The zero-order valence-electron chi connectivity index (χ0n) is 11.2. The molecule has 0 saturated carbocycles. The molecule has 0 bridgehead atoms. The average molecular weight is 280 g/mol. The molecule has 5 heteroatoms. The van der Waals surface area contributed by atoms with Gasteiger partial charge in [0.15, 0.2) is 0 Å². The highest BCUT2D eigenvalue weighted by atomic mass is 19.4. The standard InChI is InChI=1S/C15H15F3N2/c1-9-3-4-11(15(16,17)18)8-14(9)20-12-5-6-13(19)10(2)7-12/h3-8,20H,19H2,1-2H3. The fourth-order valence-corrected chi connectivity index (χ4v) is 1.84. The first-order valence-corrected chi connectivity index (χ1v) is 6.08. The first-order valence-electron chi connectivity index (χ1n) is 6.08. The van der Waals surface area contributed by atoms with Gasteiger partial charge in [-0.2, -0.15) is 13.2 Å². The molecule has 0 radical (unpaired) electrons. The van der Waals surface area contributed by atoms with Crippen LogP contribution in [0.4, 0.5) is 30.2 Å². The molecule has 3 N–H and O–H groups in total. The highest BCUT2D eigenvalue weighted by Gasteiger charge is 2.30. The largest absolute Gasteiger partial charge is 0.416 e. The summed E-state index contributed by atoms with van der Waals surface area (Å²) >= 11 is 0. The van der Waals surface area contributed by atoms with Gasteiger partial charge in [-0.3, -0.25) is 0 Å². The summed E-state index contributed by atoms with van der Waals surface area (Å²) in [4.78, 5) is 0. The molecule has 106 valence electrons. The van der Waals surface area contributed by atoms with Crippen molar-refractivity contribution < 1.29 is 13.2 Å². The van der Waals surface area contributed by atoms with Crippen LogP contribution in [-0.4, -0.2) is 0 Å². The van der Waals surface area contributed by atoms with Gasteiger partial charge in [-0.25, -0.2) is 0 Å². The van der Waals surface area contributed by atoms with E-state index in [1.54, 1.807) is 25.1 Å². The van der Waals surface area contributed by atoms with Gasteiger partial charge in [0, 0.05) is 17.1 Å². The Morgan fingerprint density at radius 1 is 0.950 bits per heavy atom. The van der Waals surface area contributed by atoms with Crippen LogP contribution in [0.25, 0.3) is 0 Å². The summed E-state index contributed by atoms with van der Waals surface area (Å²) in [6.07, 6.45) is -4.35. The van der Waals surface area contributed by atoms with E-state index in [4.69, 9.17) is 5.73 Å². The van der Waals surface area contributed by atoms with Crippen LogP contribution in [0, 0.1) is 13.8 Å². The first kappa shape index (κ1) is 14.2. The van der Waals surface area contributed by atoms with Crippen LogP contribution in [0.3, 0.4) is 0 Å². The molecule has 0 atom stereocenters. The number of benzene rings is 2.